The van der Waals surface area contributed by atoms with Crippen molar-refractivity contribution in [1.29, 1.82) is 0 Å². The van der Waals surface area contributed by atoms with Crippen molar-refractivity contribution in [2.24, 2.45) is 0 Å². The summed E-state index contributed by atoms with van der Waals surface area (Å²) in [7, 11) is 1.90. The monoisotopic (exact) mass is 214 g/mol. The van der Waals surface area contributed by atoms with Crippen molar-refractivity contribution in [3.63, 3.8) is 0 Å². The first-order valence-corrected chi connectivity index (χ1v) is 5.65. The first-order chi connectivity index (χ1) is 4.93. The average molecular weight is 214 g/mol. The second-order valence-corrected chi connectivity index (χ2v) is 8.51. The fourth-order valence-corrected chi connectivity index (χ4v) is 4.13. The van der Waals surface area contributed by atoms with E-state index in [2.05, 4.69) is 25.3 Å². The number of thiol groups is 2. The summed E-state index contributed by atoms with van der Waals surface area (Å²) >= 11 is 8.45. The smallest absolute Gasteiger partial charge is 0.376 e. The number of hydrogen-bond donors (Lipinski definition) is 2. The van der Waals surface area contributed by atoms with Crippen LogP contribution in [0.1, 0.15) is 6.92 Å². The van der Waals surface area contributed by atoms with Crippen LogP contribution in [0.5, 0.6) is 0 Å². The van der Waals surface area contributed by atoms with E-state index < -0.39 is 12.5 Å². The van der Waals surface area contributed by atoms with Crippen LogP contribution in [0.25, 0.3) is 0 Å². The molecular formula is C5H14O3S2Si. The Balaban J connectivity index is 4.54. The molecule has 11 heavy (non-hydrogen) atoms. The van der Waals surface area contributed by atoms with E-state index in [9.17, 15) is 0 Å². The Hall–Kier alpha value is 0.797. The van der Waals surface area contributed by atoms with Crippen molar-refractivity contribution < 1.29 is 13.3 Å². The molecule has 0 heterocycles. The molecule has 0 aliphatic rings. The minimum Gasteiger partial charge on any atom is -0.376 e. The van der Waals surface area contributed by atoms with Gasteiger partial charge in [-0.3, -0.25) is 0 Å². The van der Waals surface area contributed by atoms with E-state index in [0.717, 1.165) is 0 Å². The molecule has 0 aromatic carbocycles. The minimum absolute atomic E-state index is 0.675. The molecule has 0 rings (SSSR count). The van der Waals surface area contributed by atoms with E-state index in [1.807, 2.05) is 0 Å². The molecule has 0 aliphatic heterocycles. The standard InChI is InChI=1S/C5H14O3S2Si/c1-5(9,10)11(6-2,7-3)8-4/h9-10H,1-4H3. The molecule has 3 nitrogen and oxygen atoms in total. The molecule has 0 bridgehead atoms. The van der Waals surface area contributed by atoms with E-state index >= 15 is 0 Å². The van der Waals surface area contributed by atoms with Gasteiger partial charge in [0, 0.05) is 21.3 Å². The molecule has 0 aliphatic carbocycles. The highest BCUT2D eigenvalue weighted by molar-refractivity contribution is 8.03. The van der Waals surface area contributed by atoms with Crippen LogP contribution in [0.3, 0.4) is 0 Å². The fraction of sp³-hybridized carbons (Fsp3) is 1.00. The minimum atomic E-state index is -2.69. The lowest BCUT2D eigenvalue weighted by Gasteiger charge is -2.33. The normalized spacial score (nSPS) is 13.6. The number of rotatable bonds is 4. The van der Waals surface area contributed by atoms with Gasteiger partial charge in [-0.1, -0.05) is 0 Å². The van der Waals surface area contributed by atoms with Crippen molar-refractivity contribution >= 4 is 34.1 Å². The Morgan fingerprint density at radius 1 is 1.00 bits per heavy atom. The van der Waals surface area contributed by atoms with Gasteiger partial charge < -0.3 is 13.3 Å². The van der Waals surface area contributed by atoms with Crippen LogP contribution in [-0.2, 0) is 13.3 Å². The first kappa shape index (κ1) is 11.8. The molecule has 6 heteroatoms. The van der Waals surface area contributed by atoms with Crippen LogP contribution < -0.4 is 0 Å². The largest absolute Gasteiger partial charge is 0.526 e. The molecule has 0 aromatic heterocycles. The Morgan fingerprint density at radius 3 is 1.27 bits per heavy atom. The van der Waals surface area contributed by atoms with Crippen molar-refractivity contribution in [2.45, 2.75) is 10.6 Å². The predicted molar refractivity (Wildman–Crippen MR) is 53.2 cm³/mol. The van der Waals surface area contributed by atoms with E-state index in [0.29, 0.717) is 0 Å². The summed E-state index contributed by atoms with van der Waals surface area (Å²) in [4.78, 5) is 0. The Labute approximate surface area is 79.6 Å². The second-order valence-electron chi connectivity index (χ2n) is 2.19. The lowest BCUT2D eigenvalue weighted by molar-refractivity contribution is 0.120. The van der Waals surface area contributed by atoms with E-state index in [1.165, 1.54) is 21.3 Å². The number of hydrogen-bond acceptors (Lipinski definition) is 5. The lowest BCUT2D eigenvalue weighted by Crippen LogP contribution is -2.56. The summed E-state index contributed by atoms with van der Waals surface area (Å²) in [6.45, 7) is 1.78. The van der Waals surface area contributed by atoms with Gasteiger partial charge in [-0.25, -0.2) is 0 Å². The molecule has 0 N–H and O–H groups in total. The summed E-state index contributed by atoms with van der Waals surface area (Å²) in [6.07, 6.45) is 0. The quantitative estimate of drug-likeness (QED) is 0.415. The van der Waals surface area contributed by atoms with Crippen molar-refractivity contribution in [2.75, 3.05) is 21.3 Å². The third kappa shape index (κ3) is 2.36. The Kier molecular flexibility index (Phi) is 4.45. The van der Waals surface area contributed by atoms with Crippen LogP contribution in [0.4, 0.5) is 0 Å². The zero-order valence-corrected chi connectivity index (χ0v) is 9.91. The Bertz CT molecular complexity index is 113. The van der Waals surface area contributed by atoms with Gasteiger partial charge in [0.25, 0.3) is 0 Å². The molecule has 0 radical (unpaired) electrons. The van der Waals surface area contributed by atoms with Gasteiger partial charge in [-0.15, -0.1) is 0 Å². The van der Waals surface area contributed by atoms with Gasteiger partial charge in [0.15, 0.2) is 0 Å². The van der Waals surface area contributed by atoms with Crippen LogP contribution in [0.15, 0.2) is 0 Å². The summed E-state index contributed by atoms with van der Waals surface area (Å²) in [5.74, 6) is 0. The van der Waals surface area contributed by atoms with E-state index in [-0.39, 0.29) is 0 Å². The second kappa shape index (κ2) is 4.15. The Morgan fingerprint density at radius 2 is 1.27 bits per heavy atom. The third-order valence-electron chi connectivity index (χ3n) is 1.39. The van der Waals surface area contributed by atoms with Gasteiger partial charge in [0.2, 0.25) is 0 Å². The fourth-order valence-electron chi connectivity index (χ4n) is 0.830. The highest BCUT2D eigenvalue weighted by Crippen LogP contribution is 2.32. The molecule has 0 spiro atoms. The van der Waals surface area contributed by atoms with Crippen LogP contribution >= 0.6 is 25.3 Å². The van der Waals surface area contributed by atoms with Crippen molar-refractivity contribution in [1.82, 2.24) is 0 Å². The summed E-state index contributed by atoms with van der Waals surface area (Å²) in [5, 5.41) is 0. The molecule has 68 valence electrons. The topological polar surface area (TPSA) is 27.7 Å². The molecular weight excluding hydrogens is 200 g/mol. The summed E-state index contributed by atoms with van der Waals surface area (Å²) in [5.41, 5.74) is 0. The van der Waals surface area contributed by atoms with Crippen molar-refractivity contribution in [3.8, 4) is 0 Å². The van der Waals surface area contributed by atoms with Crippen LogP contribution in [0.2, 0.25) is 0 Å². The molecule has 0 saturated heterocycles. The van der Waals surface area contributed by atoms with Crippen molar-refractivity contribution in [3.05, 3.63) is 0 Å². The zero-order valence-electron chi connectivity index (χ0n) is 7.12. The highest BCUT2D eigenvalue weighted by Gasteiger charge is 2.53. The van der Waals surface area contributed by atoms with Gasteiger partial charge in [0.1, 0.15) is 3.70 Å². The molecule has 0 fully saturated rings. The van der Waals surface area contributed by atoms with E-state index in [4.69, 9.17) is 13.3 Å². The highest BCUT2D eigenvalue weighted by atomic mass is 32.2. The van der Waals surface area contributed by atoms with Gasteiger partial charge >= 0.3 is 8.80 Å². The molecule has 0 atom stereocenters. The summed E-state index contributed by atoms with van der Waals surface area (Å²) in [6, 6.07) is 0. The van der Waals surface area contributed by atoms with Crippen LogP contribution in [-0.4, -0.2) is 33.8 Å². The maximum absolute atomic E-state index is 5.14. The van der Waals surface area contributed by atoms with Gasteiger partial charge in [0.05, 0.1) is 0 Å². The molecule has 0 saturated carbocycles. The maximum atomic E-state index is 5.14. The SMILES string of the molecule is CO[Si](OC)(OC)C(C)(S)S. The lowest BCUT2D eigenvalue weighted by atomic mass is 10.9. The first-order valence-electron chi connectivity index (χ1n) is 3.03. The maximum Gasteiger partial charge on any atom is 0.526 e. The van der Waals surface area contributed by atoms with Crippen LogP contribution in [0, 0.1) is 0 Å². The van der Waals surface area contributed by atoms with E-state index in [1.54, 1.807) is 6.92 Å². The molecule has 0 unspecified atom stereocenters. The van der Waals surface area contributed by atoms with Gasteiger partial charge in [-0.2, -0.15) is 25.3 Å². The zero-order chi connectivity index (χ0) is 9.12. The predicted octanol–water partition coefficient (Wildman–Crippen LogP) is 0.979. The molecule has 0 amide bonds. The van der Waals surface area contributed by atoms with Gasteiger partial charge in [-0.05, 0) is 6.92 Å². The average Bonchev–Trinajstić information content (AvgIpc) is 1.90. The summed E-state index contributed by atoms with van der Waals surface area (Å²) < 4.78 is 14.8. The molecule has 0 aromatic rings. The third-order valence-corrected chi connectivity index (χ3v) is 5.80.